The molecule has 18 N–H and O–H groups in total. The summed E-state index contributed by atoms with van der Waals surface area (Å²) in [6.07, 6.45) is -1.02. The fourth-order valence-corrected chi connectivity index (χ4v) is 6.51. The second kappa shape index (κ2) is 41.1. The molecule has 3 aromatic heterocycles. The first-order chi connectivity index (χ1) is 30.7. The van der Waals surface area contributed by atoms with Crippen LogP contribution < -0.4 is 0 Å². The zero-order valence-corrected chi connectivity index (χ0v) is 34.0. The van der Waals surface area contributed by atoms with E-state index < -0.39 is 43.2 Å². The summed E-state index contributed by atoms with van der Waals surface area (Å²) in [7, 11) is 0. The van der Waals surface area contributed by atoms with E-state index in [-0.39, 0.29) is 51.3 Å². The molecule has 4 heterocycles. The van der Waals surface area contributed by atoms with Crippen LogP contribution in [0, 0.1) is 11.8 Å². The van der Waals surface area contributed by atoms with Crippen molar-refractivity contribution in [3.05, 3.63) is 39.9 Å². The van der Waals surface area contributed by atoms with Gasteiger partial charge in [-0.05, 0) is 12.3 Å². The van der Waals surface area contributed by atoms with Crippen molar-refractivity contribution in [2.45, 2.75) is 83.2 Å². The van der Waals surface area contributed by atoms with E-state index in [2.05, 4.69) is 30.6 Å². The summed E-state index contributed by atoms with van der Waals surface area (Å²) < 4.78 is 31.0. The van der Waals surface area contributed by atoms with E-state index in [9.17, 15) is 35.4 Å². The van der Waals surface area contributed by atoms with Gasteiger partial charge >= 0.3 is 0 Å². The molecule has 0 aromatic carbocycles. The molecule has 33 heteroatoms. The standard InChI is InChI=1S/C30H45N7O12S.CH4.H2O3.5H2O2/c38-13-18-7-22(40)21(18)12-37-11-20(33-35-37)15-47-6-5-46-4-3-45-2-1-36-10-19(32-34-36)16-48-17-23(41)26-9-31-27(50-26)8-24-28(42)30(44)29(43)25(14-39)49-24;;1-3-2;5*1-2/h9-11,18,21-22,24-25,28-30,38-40,42-44H,1-8,12-17H2;1H4;1-2H;5*1-2H. The number of hydrogen-bond acceptors (Lipinski definition) is 31. The summed E-state index contributed by atoms with van der Waals surface area (Å²) in [5.74, 6) is -0.204. The lowest BCUT2D eigenvalue weighted by Crippen LogP contribution is -2.58. The van der Waals surface area contributed by atoms with Crippen molar-refractivity contribution in [2.75, 3.05) is 52.9 Å². The molecule has 2 fully saturated rings. The molecule has 0 radical (unpaired) electrons. The molecule has 32 nitrogen and oxygen atoms in total. The van der Waals surface area contributed by atoms with Crippen molar-refractivity contribution in [1.82, 2.24) is 35.0 Å². The lowest BCUT2D eigenvalue weighted by atomic mass is 9.71. The monoisotopic (exact) mass is 963 g/mol. The average molecular weight is 964 g/mol. The average Bonchev–Trinajstić information content (AvgIpc) is 4.11. The summed E-state index contributed by atoms with van der Waals surface area (Å²) in [5, 5.41) is 151. The molecule has 1 saturated heterocycles. The number of ketones is 1. The van der Waals surface area contributed by atoms with Crippen LogP contribution >= 0.6 is 11.3 Å². The van der Waals surface area contributed by atoms with Gasteiger partial charge in [-0.25, -0.2) is 20.2 Å². The highest BCUT2D eigenvalue weighted by molar-refractivity contribution is 7.13. The van der Waals surface area contributed by atoms with Gasteiger partial charge in [0.25, 0.3) is 0 Å². The van der Waals surface area contributed by atoms with Crippen molar-refractivity contribution in [1.29, 1.82) is 0 Å². The van der Waals surface area contributed by atoms with Gasteiger partial charge in [-0.3, -0.25) is 62.0 Å². The fourth-order valence-electron chi connectivity index (χ4n) is 5.63. The van der Waals surface area contributed by atoms with Gasteiger partial charge in [0.1, 0.15) is 42.4 Å². The Morgan fingerprint density at radius 2 is 1.23 bits per heavy atom. The van der Waals surface area contributed by atoms with Gasteiger partial charge in [0, 0.05) is 31.7 Å². The maximum atomic E-state index is 12.6. The zero-order valence-electron chi connectivity index (χ0n) is 33.2. The largest absolute Gasteiger partial charge is 0.396 e. The maximum absolute atomic E-state index is 12.6. The molecule has 1 saturated carbocycles. The van der Waals surface area contributed by atoms with E-state index in [0.717, 1.165) is 11.3 Å². The van der Waals surface area contributed by atoms with Crippen molar-refractivity contribution >= 4 is 17.1 Å². The Labute approximate surface area is 366 Å². The Hall–Kier alpha value is -3.38. The number of carbonyl (C=O) groups excluding carboxylic acids is 1. The Morgan fingerprint density at radius 1 is 0.719 bits per heavy atom. The first-order valence-corrected chi connectivity index (χ1v) is 18.6. The van der Waals surface area contributed by atoms with Crippen molar-refractivity contribution < 1.29 is 127 Å². The SMILES string of the molecule is C.O=C(COCc1cn(CCOCCOCCOCc2cn(CC3C(O)CC3CO)nn2)nn1)c1cnc(CC2OC(CO)C(O)C(O)C2O)s1.OO.OO.OO.OO.OO.OOO. The molecular formula is C31H61N7O25S. The quantitative estimate of drug-likeness (QED) is 0.0225. The number of ether oxygens (including phenoxy) is 5. The molecule has 1 aliphatic carbocycles. The smallest absolute Gasteiger partial charge is 0.200 e. The van der Waals surface area contributed by atoms with Gasteiger partial charge < -0.3 is 54.3 Å². The van der Waals surface area contributed by atoms with Crippen LogP contribution in [-0.4, -0.2) is 224 Å². The maximum Gasteiger partial charge on any atom is 0.200 e. The van der Waals surface area contributed by atoms with Crippen molar-refractivity contribution in [3.8, 4) is 0 Å². The van der Waals surface area contributed by atoms with E-state index in [4.69, 9.17) is 86.8 Å². The van der Waals surface area contributed by atoms with Crippen molar-refractivity contribution in [2.24, 2.45) is 11.8 Å². The first kappa shape index (κ1) is 64.9. The molecule has 2 aliphatic rings. The third kappa shape index (κ3) is 23.7. The van der Waals surface area contributed by atoms with E-state index in [1.54, 1.807) is 21.8 Å². The molecule has 5 rings (SSSR count). The second-order valence-corrected chi connectivity index (χ2v) is 13.4. The third-order valence-electron chi connectivity index (χ3n) is 8.59. The summed E-state index contributed by atoms with van der Waals surface area (Å²) in [6, 6.07) is 0. The normalized spacial score (nSPS) is 21.6. The molecular weight excluding hydrogens is 902 g/mol. The lowest BCUT2D eigenvalue weighted by molar-refractivity contribution is -0.465. The van der Waals surface area contributed by atoms with Crippen molar-refractivity contribution in [3.63, 3.8) is 0 Å². The number of aliphatic hydroxyl groups excluding tert-OH is 6. The minimum Gasteiger partial charge on any atom is -0.396 e. The van der Waals surface area contributed by atoms with Gasteiger partial charge in [0.2, 0.25) is 0 Å². The molecule has 8 atom stereocenters. The Bertz CT molecular complexity index is 1500. The van der Waals surface area contributed by atoms with Crippen LogP contribution in [0.1, 0.15) is 39.9 Å². The number of Topliss-reactive ketones (excluding diaryl/α,β-unsaturated/α-hetero) is 1. The van der Waals surface area contributed by atoms with E-state index in [0.29, 0.717) is 80.4 Å². The molecule has 8 unspecified atom stereocenters. The van der Waals surface area contributed by atoms with Crippen LogP contribution in [0.3, 0.4) is 0 Å². The molecule has 3 aromatic rings. The predicted octanol–water partition coefficient (Wildman–Crippen LogP) is -1.98. The van der Waals surface area contributed by atoms with Crippen LogP contribution in [-0.2, 0) is 61.4 Å². The van der Waals surface area contributed by atoms with Crippen LogP contribution in [0.4, 0.5) is 0 Å². The van der Waals surface area contributed by atoms with E-state index in [1.165, 1.54) is 6.20 Å². The zero-order chi connectivity index (χ0) is 48.2. The second-order valence-electron chi connectivity index (χ2n) is 12.3. The molecule has 64 heavy (non-hydrogen) atoms. The van der Waals surface area contributed by atoms with Crippen LogP contribution in [0.5, 0.6) is 0 Å². The topological polar surface area (TPSA) is 511 Å². The number of aromatic nitrogens is 7. The fraction of sp³-hybridized carbons (Fsp3) is 0.742. The number of nitrogens with zero attached hydrogens (tertiary/aromatic N) is 7. The Morgan fingerprint density at radius 3 is 1.80 bits per heavy atom. The number of hydrogen-bond donors (Lipinski definition) is 18. The van der Waals surface area contributed by atoms with Crippen LogP contribution in [0.2, 0.25) is 0 Å². The highest BCUT2D eigenvalue weighted by Gasteiger charge is 2.43. The Kier molecular flexibility index (Phi) is 41.7. The highest BCUT2D eigenvalue weighted by Crippen LogP contribution is 2.35. The summed E-state index contributed by atoms with van der Waals surface area (Å²) in [6.45, 7) is 2.65. The predicted molar refractivity (Wildman–Crippen MR) is 209 cm³/mol. The van der Waals surface area contributed by atoms with E-state index >= 15 is 0 Å². The van der Waals surface area contributed by atoms with Gasteiger partial charge in [0.05, 0.1) is 93.9 Å². The summed E-state index contributed by atoms with van der Waals surface area (Å²) in [5.41, 5.74) is 1.22. The number of carbonyl (C=O) groups is 1. The summed E-state index contributed by atoms with van der Waals surface area (Å²) in [4.78, 5) is 17.1. The van der Waals surface area contributed by atoms with Gasteiger partial charge in [-0.15, -0.1) is 21.5 Å². The molecule has 0 spiro atoms. The van der Waals surface area contributed by atoms with Gasteiger partial charge in [0.15, 0.2) is 5.78 Å². The summed E-state index contributed by atoms with van der Waals surface area (Å²) >= 11 is 1.10. The van der Waals surface area contributed by atoms with Gasteiger partial charge in [-0.1, -0.05) is 22.9 Å². The number of thiazole rings is 1. The minimum atomic E-state index is -1.47. The van der Waals surface area contributed by atoms with Crippen LogP contribution in [0.15, 0.2) is 18.6 Å². The van der Waals surface area contributed by atoms with E-state index in [1.807, 2.05) is 0 Å². The van der Waals surface area contributed by atoms with Gasteiger partial charge in [-0.2, -0.15) is 0 Å². The molecule has 1 aliphatic heterocycles. The minimum absolute atomic E-state index is 0. The Balaban J connectivity index is -0.00000242. The van der Waals surface area contributed by atoms with Crippen LogP contribution in [0.25, 0.3) is 0 Å². The number of aliphatic hydroxyl groups is 6. The highest BCUT2D eigenvalue weighted by atomic mass is 32.1. The molecule has 0 amide bonds. The third-order valence-corrected chi connectivity index (χ3v) is 9.65. The lowest BCUT2D eigenvalue weighted by Gasteiger charge is -2.40. The first-order valence-electron chi connectivity index (χ1n) is 17.8. The molecule has 376 valence electrons. The molecule has 0 bridgehead atoms. The number of rotatable bonds is 22.